The van der Waals surface area contributed by atoms with E-state index in [2.05, 4.69) is 25.5 Å². The molecule has 1 amide bonds. The van der Waals surface area contributed by atoms with Crippen molar-refractivity contribution in [3.8, 4) is 0 Å². The SMILES string of the molecule is O=C(N/N=C\c1ccc2ncccc2c1)c1cnccn1. The highest BCUT2D eigenvalue weighted by Gasteiger charge is 2.04. The van der Waals surface area contributed by atoms with Gasteiger partial charge in [0.2, 0.25) is 0 Å². The van der Waals surface area contributed by atoms with Crippen LogP contribution in [0.4, 0.5) is 0 Å². The molecule has 0 bridgehead atoms. The van der Waals surface area contributed by atoms with E-state index in [9.17, 15) is 4.79 Å². The van der Waals surface area contributed by atoms with Crippen molar-refractivity contribution in [2.75, 3.05) is 0 Å². The van der Waals surface area contributed by atoms with E-state index in [-0.39, 0.29) is 5.69 Å². The smallest absolute Gasteiger partial charge is 0.265 e. The lowest BCUT2D eigenvalue weighted by molar-refractivity contribution is 0.0949. The summed E-state index contributed by atoms with van der Waals surface area (Å²) in [6.07, 6.45) is 7.66. The number of carbonyl (C=O) groups is 1. The van der Waals surface area contributed by atoms with E-state index in [0.717, 1.165) is 16.5 Å². The third-order valence-electron chi connectivity index (χ3n) is 2.80. The molecule has 2 heterocycles. The fraction of sp³-hybridized carbons (Fsp3) is 0. The van der Waals surface area contributed by atoms with Crippen LogP contribution in [0.2, 0.25) is 0 Å². The molecule has 6 heteroatoms. The van der Waals surface area contributed by atoms with Gasteiger partial charge in [-0.3, -0.25) is 14.8 Å². The summed E-state index contributed by atoms with van der Waals surface area (Å²) >= 11 is 0. The summed E-state index contributed by atoms with van der Waals surface area (Å²) < 4.78 is 0. The lowest BCUT2D eigenvalue weighted by Crippen LogP contribution is -2.19. The van der Waals surface area contributed by atoms with E-state index in [1.807, 2.05) is 30.3 Å². The Labute approximate surface area is 120 Å². The van der Waals surface area contributed by atoms with Crippen LogP contribution in [0, 0.1) is 0 Å². The van der Waals surface area contributed by atoms with E-state index in [1.165, 1.54) is 18.6 Å². The van der Waals surface area contributed by atoms with Gasteiger partial charge < -0.3 is 0 Å². The molecule has 21 heavy (non-hydrogen) atoms. The Balaban J connectivity index is 1.71. The Morgan fingerprint density at radius 1 is 1.14 bits per heavy atom. The minimum absolute atomic E-state index is 0.220. The van der Waals surface area contributed by atoms with Crippen LogP contribution in [0.5, 0.6) is 0 Å². The van der Waals surface area contributed by atoms with Crippen LogP contribution in [-0.4, -0.2) is 27.1 Å². The number of hydrogen-bond donors (Lipinski definition) is 1. The molecule has 0 saturated heterocycles. The molecule has 0 unspecified atom stereocenters. The number of aromatic nitrogens is 3. The van der Waals surface area contributed by atoms with Gasteiger partial charge in [-0.2, -0.15) is 5.10 Å². The van der Waals surface area contributed by atoms with Crippen molar-refractivity contribution >= 4 is 23.0 Å². The summed E-state index contributed by atoms with van der Waals surface area (Å²) in [4.78, 5) is 23.7. The summed E-state index contributed by atoms with van der Waals surface area (Å²) in [7, 11) is 0. The molecule has 0 fully saturated rings. The molecule has 3 aromatic rings. The van der Waals surface area contributed by atoms with Crippen molar-refractivity contribution < 1.29 is 4.79 Å². The van der Waals surface area contributed by atoms with Crippen LogP contribution in [-0.2, 0) is 0 Å². The molecule has 3 rings (SSSR count). The number of benzene rings is 1. The quantitative estimate of drug-likeness (QED) is 0.584. The molecule has 102 valence electrons. The van der Waals surface area contributed by atoms with E-state index < -0.39 is 5.91 Å². The normalized spacial score (nSPS) is 10.9. The second-order valence-corrected chi connectivity index (χ2v) is 4.25. The fourth-order valence-electron chi connectivity index (χ4n) is 1.81. The average molecular weight is 277 g/mol. The Bertz CT molecular complexity index is 801. The molecule has 1 N–H and O–H groups in total. The number of amides is 1. The highest BCUT2D eigenvalue weighted by Crippen LogP contribution is 2.11. The van der Waals surface area contributed by atoms with E-state index in [1.54, 1.807) is 12.4 Å². The highest BCUT2D eigenvalue weighted by atomic mass is 16.2. The predicted octanol–water partition coefficient (Wildman–Crippen LogP) is 1.79. The maximum atomic E-state index is 11.7. The minimum atomic E-state index is -0.401. The molecule has 0 saturated carbocycles. The van der Waals surface area contributed by atoms with Gasteiger partial charge in [0, 0.05) is 24.0 Å². The number of fused-ring (bicyclic) bond motifs is 1. The standard InChI is InChI=1S/C15H11N5O/c21-15(14-10-16-6-7-18-14)20-19-9-11-3-4-13-12(8-11)2-1-5-17-13/h1-10H,(H,20,21)/b19-9-. The number of nitrogens with one attached hydrogen (secondary N) is 1. The molecule has 0 atom stereocenters. The zero-order valence-corrected chi connectivity index (χ0v) is 11.0. The summed E-state index contributed by atoms with van der Waals surface area (Å²) in [5, 5.41) is 4.93. The van der Waals surface area contributed by atoms with Gasteiger partial charge in [0.15, 0.2) is 0 Å². The van der Waals surface area contributed by atoms with Crippen LogP contribution in [0.15, 0.2) is 60.2 Å². The topological polar surface area (TPSA) is 80.1 Å². The van der Waals surface area contributed by atoms with Gasteiger partial charge in [-0.15, -0.1) is 0 Å². The van der Waals surface area contributed by atoms with Crippen molar-refractivity contribution in [2.45, 2.75) is 0 Å². The highest BCUT2D eigenvalue weighted by molar-refractivity contribution is 5.93. The molecule has 0 aliphatic rings. The first-order chi connectivity index (χ1) is 10.3. The Morgan fingerprint density at radius 2 is 2.10 bits per heavy atom. The van der Waals surface area contributed by atoms with Gasteiger partial charge in [-0.25, -0.2) is 10.4 Å². The van der Waals surface area contributed by atoms with Gasteiger partial charge in [-0.05, 0) is 23.8 Å². The van der Waals surface area contributed by atoms with E-state index in [0.29, 0.717) is 0 Å². The lowest BCUT2D eigenvalue weighted by atomic mass is 10.1. The maximum absolute atomic E-state index is 11.7. The van der Waals surface area contributed by atoms with Crippen LogP contribution < -0.4 is 5.43 Å². The summed E-state index contributed by atoms with van der Waals surface area (Å²) in [5.74, 6) is -0.401. The van der Waals surface area contributed by atoms with E-state index in [4.69, 9.17) is 0 Å². The molecule has 0 aliphatic heterocycles. The van der Waals surface area contributed by atoms with Crippen LogP contribution in [0.3, 0.4) is 0 Å². The number of carbonyl (C=O) groups excluding carboxylic acids is 1. The summed E-state index contributed by atoms with van der Waals surface area (Å²) in [6.45, 7) is 0. The maximum Gasteiger partial charge on any atom is 0.291 e. The third-order valence-corrected chi connectivity index (χ3v) is 2.80. The van der Waals surface area contributed by atoms with Crippen molar-refractivity contribution in [1.29, 1.82) is 0 Å². The third kappa shape index (κ3) is 3.06. The first-order valence-corrected chi connectivity index (χ1v) is 6.27. The van der Waals surface area contributed by atoms with Gasteiger partial charge in [-0.1, -0.05) is 12.1 Å². The van der Waals surface area contributed by atoms with E-state index >= 15 is 0 Å². The van der Waals surface area contributed by atoms with Gasteiger partial charge >= 0.3 is 0 Å². The Hall–Kier alpha value is -3.15. The molecular formula is C15H11N5O. The Kier molecular flexibility index (Phi) is 3.60. The molecule has 6 nitrogen and oxygen atoms in total. The second kappa shape index (κ2) is 5.87. The van der Waals surface area contributed by atoms with Crippen molar-refractivity contribution in [3.05, 3.63) is 66.4 Å². The largest absolute Gasteiger partial charge is 0.291 e. The van der Waals surface area contributed by atoms with Gasteiger partial charge in [0.25, 0.3) is 5.91 Å². The van der Waals surface area contributed by atoms with Gasteiger partial charge in [0.1, 0.15) is 5.69 Å². The Morgan fingerprint density at radius 3 is 2.95 bits per heavy atom. The molecule has 0 radical (unpaired) electrons. The molecule has 1 aromatic carbocycles. The van der Waals surface area contributed by atoms with Crippen LogP contribution in [0.1, 0.15) is 16.1 Å². The van der Waals surface area contributed by atoms with Crippen LogP contribution >= 0.6 is 0 Å². The summed E-state index contributed by atoms with van der Waals surface area (Å²) in [5.41, 5.74) is 4.41. The predicted molar refractivity (Wildman–Crippen MR) is 78.8 cm³/mol. The minimum Gasteiger partial charge on any atom is -0.265 e. The molecule has 2 aromatic heterocycles. The second-order valence-electron chi connectivity index (χ2n) is 4.25. The number of hydrogen-bond acceptors (Lipinski definition) is 5. The number of nitrogens with zero attached hydrogens (tertiary/aromatic N) is 4. The monoisotopic (exact) mass is 277 g/mol. The van der Waals surface area contributed by atoms with Crippen molar-refractivity contribution in [2.24, 2.45) is 5.10 Å². The zero-order chi connectivity index (χ0) is 14.5. The number of pyridine rings is 1. The number of hydrazone groups is 1. The van der Waals surface area contributed by atoms with Crippen LogP contribution in [0.25, 0.3) is 10.9 Å². The number of rotatable bonds is 3. The fourth-order valence-corrected chi connectivity index (χ4v) is 1.81. The molecule has 0 spiro atoms. The van der Waals surface area contributed by atoms with Crippen molar-refractivity contribution in [1.82, 2.24) is 20.4 Å². The van der Waals surface area contributed by atoms with Gasteiger partial charge in [0.05, 0.1) is 17.9 Å². The summed E-state index contributed by atoms with van der Waals surface area (Å²) in [6, 6.07) is 9.58. The van der Waals surface area contributed by atoms with Crippen molar-refractivity contribution in [3.63, 3.8) is 0 Å². The molecule has 0 aliphatic carbocycles. The lowest BCUT2D eigenvalue weighted by Gasteiger charge is -1.99. The molecular weight excluding hydrogens is 266 g/mol. The average Bonchev–Trinajstić information content (AvgIpc) is 2.55. The first kappa shape index (κ1) is 12.9. The zero-order valence-electron chi connectivity index (χ0n) is 11.0. The first-order valence-electron chi connectivity index (χ1n) is 6.27.